The Morgan fingerprint density at radius 2 is 2.47 bits per heavy atom. The van der Waals surface area contributed by atoms with Crippen molar-refractivity contribution in [2.75, 3.05) is 25.1 Å². The van der Waals surface area contributed by atoms with E-state index in [1.165, 1.54) is 12.1 Å². The number of pyridine rings is 1. The van der Waals surface area contributed by atoms with E-state index in [4.69, 9.17) is 10.00 Å². The fourth-order valence-corrected chi connectivity index (χ4v) is 2.00. The molecular formula is C12H14N4O3. The first-order valence-electron chi connectivity index (χ1n) is 6.08. The van der Waals surface area contributed by atoms with Gasteiger partial charge >= 0.3 is 5.69 Å². The van der Waals surface area contributed by atoms with Crippen LogP contribution in [0.5, 0.6) is 0 Å². The van der Waals surface area contributed by atoms with E-state index >= 15 is 0 Å². The zero-order valence-electron chi connectivity index (χ0n) is 10.3. The SMILES string of the molecule is N#Cc1nc(NCC2CCCOC2)ccc1[N+](=O)[O-]. The molecule has 1 aromatic heterocycles. The molecular weight excluding hydrogens is 248 g/mol. The van der Waals surface area contributed by atoms with Crippen molar-refractivity contribution >= 4 is 11.5 Å². The molecule has 0 radical (unpaired) electrons. The van der Waals surface area contributed by atoms with E-state index < -0.39 is 4.92 Å². The fourth-order valence-electron chi connectivity index (χ4n) is 2.00. The van der Waals surface area contributed by atoms with Crippen molar-refractivity contribution in [1.82, 2.24) is 4.98 Å². The molecule has 0 spiro atoms. The molecule has 2 rings (SSSR count). The molecule has 7 heteroatoms. The van der Waals surface area contributed by atoms with Crippen LogP contribution >= 0.6 is 0 Å². The van der Waals surface area contributed by atoms with E-state index in [1.807, 2.05) is 0 Å². The van der Waals surface area contributed by atoms with Gasteiger partial charge in [0.15, 0.2) is 0 Å². The Morgan fingerprint density at radius 1 is 1.63 bits per heavy atom. The maximum Gasteiger partial charge on any atom is 0.305 e. The van der Waals surface area contributed by atoms with Gasteiger partial charge < -0.3 is 10.1 Å². The van der Waals surface area contributed by atoms with Crippen LogP contribution in [0.25, 0.3) is 0 Å². The van der Waals surface area contributed by atoms with Gasteiger partial charge in [0.1, 0.15) is 11.9 Å². The van der Waals surface area contributed by atoms with Gasteiger partial charge in [-0.15, -0.1) is 0 Å². The number of anilines is 1. The Morgan fingerprint density at radius 3 is 3.11 bits per heavy atom. The summed E-state index contributed by atoms with van der Waals surface area (Å²) < 4.78 is 5.36. The minimum Gasteiger partial charge on any atom is -0.381 e. The zero-order chi connectivity index (χ0) is 13.7. The number of rotatable bonds is 4. The molecule has 19 heavy (non-hydrogen) atoms. The number of ether oxygens (including phenoxy) is 1. The lowest BCUT2D eigenvalue weighted by atomic mass is 10.0. The molecule has 0 bridgehead atoms. The average Bonchev–Trinajstić information content (AvgIpc) is 2.45. The first kappa shape index (κ1) is 13.2. The first-order valence-corrected chi connectivity index (χ1v) is 6.08. The lowest BCUT2D eigenvalue weighted by Gasteiger charge is -2.22. The number of nitrogens with one attached hydrogen (secondary N) is 1. The van der Waals surface area contributed by atoms with Crippen molar-refractivity contribution in [1.29, 1.82) is 5.26 Å². The highest BCUT2D eigenvalue weighted by Crippen LogP contribution is 2.19. The monoisotopic (exact) mass is 262 g/mol. The number of nitriles is 1. The number of hydrogen-bond donors (Lipinski definition) is 1. The molecule has 0 saturated carbocycles. The van der Waals surface area contributed by atoms with Crippen LogP contribution in [0.1, 0.15) is 18.5 Å². The van der Waals surface area contributed by atoms with Crippen molar-refractivity contribution in [3.05, 3.63) is 27.9 Å². The highest BCUT2D eigenvalue weighted by atomic mass is 16.6. The van der Waals surface area contributed by atoms with Crippen LogP contribution in [0.3, 0.4) is 0 Å². The maximum absolute atomic E-state index is 10.7. The van der Waals surface area contributed by atoms with Gasteiger partial charge in [0.2, 0.25) is 5.69 Å². The molecule has 1 aliphatic rings. The molecule has 1 aliphatic heterocycles. The molecule has 2 heterocycles. The van der Waals surface area contributed by atoms with Crippen molar-refractivity contribution < 1.29 is 9.66 Å². The second kappa shape index (κ2) is 6.11. The topological polar surface area (TPSA) is 101 Å². The lowest BCUT2D eigenvalue weighted by Crippen LogP contribution is -2.24. The highest BCUT2D eigenvalue weighted by molar-refractivity contribution is 5.50. The normalized spacial score (nSPS) is 18.6. The van der Waals surface area contributed by atoms with Gasteiger partial charge in [0.05, 0.1) is 11.5 Å². The Kier molecular flexibility index (Phi) is 4.26. The second-order valence-corrected chi connectivity index (χ2v) is 4.40. The lowest BCUT2D eigenvalue weighted by molar-refractivity contribution is -0.385. The number of aromatic nitrogens is 1. The van der Waals surface area contributed by atoms with E-state index in [0.29, 0.717) is 24.9 Å². The Bertz CT molecular complexity index is 506. The smallest absolute Gasteiger partial charge is 0.305 e. The number of nitro groups is 1. The molecule has 100 valence electrons. The second-order valence-electron chi connectivity index (χ2n) is 4.40. The average molecular weight is 262 g/mol. The van der Waals surface area contributed by atoms with Gasteiger partial charge in [0, 0.05) is 19.2 Å². The molecule has 7 nitrogen and oxygen atoms in total. The third-order valence-electron chi connectivity index (χ3n) is 3.00. The molecule has 0 aromatic carbocycles. The zero-order valence-corrected chi connectivity index (χ0v) is 10.3. The summed E-state index contributed by atoms with van der Waals surface area (Å²) in [4.78, 5) is 14.0. The quantitative estimate of drug-likeness (QED) is 0.654. The first-order chi connectivity index (χ1) is 9.20. The van der Waals surface area contributed by atoms with Crippen molar-refractivity contribution in [2.24, 2.45) is 5.92 Å². The Balaban J connectivity index is 2.01. The van der Waals surface area contributed by atoms with E-state index in [-0.39, 0.29) is 11.4 Å². The summed E-state index contributed by atoms with van der Waals surface area (Å²) in [6.45, 7) is 2.21. The predicted octanol–water partition coefficient (Wildman–Crippen LogP) is 1.70. The van der Waals surface area contributed by atoms with Crippen LogP contribution < -0.4 is 5.32 Å². The standard InChI is InChI=1S/C12H14N4O3/c13-6-10-11(16(17)18)3-4-12(15-10)14-7-9-2-1-5-19-8-9/h3-4,9H,1-2,5,7-8H2,(H,14,15). The van der Waals surface area contributed by atoms with Crippen molar-refractivity contribution in [3.8, 4) is 6.07 Å². The number of nitrogens with zero attached hydrogens (tertiary/aromatic N) is 3. The predicted molar refractivity (Wildman–Crippen MR) is 67.6 cm³/mol. The van der Waals surface area contributed by atoms with E-state index in [1.54, 1.807) is 6.07 Å². The van der Waals surface area contributed by atoms with E-state index in [2.05, 4.69) is 10.3 Å². The minimum absolute atomic E-state index is 0.171. The molecule has 1 N–H and O–H groups in total. The summed E-state index contributed by atoms with van der Waals surface area (Å²) in [6, 6.07) is 4.55. The molecule has 1 aromatic rings. The van der Waals surface area contributed by atoms with Crippen LogP contribution in [-0.2, 0) is 4.74 Å². The van der Waals surface area contributed by atoms with Gasteiger partial charge in [-0.2, -0.15) is 5.26 Å². The van der Waals surface area contributed by atoms with Crippen LogP contribution in [0.4, 0.5) is 11.5 Å². The van der Waals surface area contributed by atoms with Crippen molar-refractivity contribution in [3.63, 3.8) is 0 Å². The number of hydrogen-bond acceptors (Lipinski definition) is 6. The van der Waals surface area contributed by atoms with Crippen LogP contribution in [0.2, 0.25) is 0 Å². The molecule has 1 saturated heterocycles. The molecule has 1 atom stereocenters. The van der Waals surface area contributed by atoms with Crippen LogP contribution in [0, 0.1) is 27.4 Å². The van der Waals surface area contributed by atoms with E-state index in [9.17, 15) is 10.1 Å². The summed E-state index contributed by atoms with van der Waals surface area (Å²) >= 11 is 0. The van der Waals surface area contributed by atoms with Crippen LogP contribution in [0.15, 0.2) is 12.1 Å². The molecule has 0 aliphatic carbocycles. The third kappa shape index (κ3) is 3.39. The van der Waals surface area contributed by atoms with Crippen molar-refractivity contribution in [2.45, 2.75) is 12.8 Å². The van der Waals surface area contributed by atoms with Gasteiger partial charge in [0.25, 0.3) is 0 Å². The maximum atomic E-state index is 10.7. The van der Waals surface area contributed by atoms with Gasteiger partial charge in [-0.3, -0.25) is 10.1 Å². The van der Waals surface area contributed by atoms with Gasteiger partial charge in [-0.05, 0) is 24.8 Å². The Labute approximate surface area is 110 Å². The summed E-state index contributed by atoms with van der Waals surface area (Å²) in [5, 5.41) is 22.6. The van der Waals surface area contributed by atoms with E-state index in [0.717, 1.165) is 19.4 Å². The third-order valence-corrected chi connectivity index (χ3v) is 3.00. The molecule has 1 fully saturated rings. The van der Waals surface area contributed by atoms with Gasteiger partial charge in [-0.25, -0.2) is 4.98 Å². The largest absolute Gasteiger partial charge is 0.381 e. The highest BCUT2D eigenvalue weighted by Gasteiger charge is 2.17. The fraction of sp³-hybridized carbons (Fsp3) is 0.500. The molecule has 0 amide bonds. The summed E-state index contributed by atoms with van der Waals surface area (Å²) in [5.74, 6) is 0.893. The summed E-state index contributed by atoms with van der Waals surface area (Å²) in [5.41, 5.74) is -0.441. The van der Waals surface area contributed by atoms with Gasteiger partial charge in [-0.1, -0.05) is 0 Å². The Hall–Kier alpha value is -2.20. The van der Waals surface area contributed by atoms with Crippen LogP contribution in [-0.4, -0.2) is 29.7 Å². The summed E-state index contributed by atoms with van der Waals surface area (Å²) in [7, 11) is 0. The minimum atomic E-state index is -0.607. The summed E-state index contributed by atoms with van der Waals surface area (Å²) in [6.07, 6.45) is 2.13. The molecule has 1 unspecified atom stereocenters.